The second-order valence-electron chi connectivity index (χ2n) is 5.36. The fraction of sp³-hybridized carbons (Fsp3) is 0.692. The van der Waals surface area contributed by atoms with Crippen LogP contribution in [0.1, 0.15) is 39.2 Å². The van der Waals surface area contributed by atoms with Crippen molar-refractivity contribution in [2.24, 2.45) is 5.41 Å². The van der Waals surface area contributed by atoms with Gasteiger partial charge in [-0.1, -0.05) is 20.8 Å². The fourth-order valence-corrected chi connectivity index (χ4v) is 1.60. The van der Waals surface area contributed by atoms with Gasteiger partial charge in [-0.3, -0.25) is 0 Å². The molecule has 0 radical (unpaired) electrons. The molecule has 0 aliphatic rings. The number of anilines is 1. The van der Waals surface area contributed by atoms with Gasteiger partial charge in [0, 0.05) is 26.1 Å². The number of aromatic nitrogens is 2. The molecule has 0 aliphatic carbocycles. The molecular formula is C13H23N3O. The van der Waals surface area contributed by atoms with Gasteiger partial charge in [0.1, 0.15) is 11.6 Å². The van der Waals surface area contributed by atoms with Crippen molar-refractivity contribution in [2.75, 3.05) is 19.0 Å². The number of nitrogens with zero attached hydrogens (tertiary/aromatic N) is 2. The number of nitrogens with one attached hydrogen (secondary N) is 1. The molecule has 0 saturated heterocycles. The third-order valence-electron chi connectivity index (χ3n) is 2.16. The van der Waals surface area contributed by atoms with Crippen molar-refractivity contribution >= 4 is 5.82 Å². The van der Waals surface area contributed by atoms with Crippen LogP contribution in [0.2, 0.25) is 0 Å². The van der Waals surface area contributed by atoms with Crippen molar-refractivity contribution in [3.63, 3.8) is 0 Å². The summed E-state index contributed by atoms with van der Waals surface area (Å²) in [6.07, 6.45) is 0.864. The number of rotatable bonds is 5. The lowest BCUT2D eigenvalue weighted by Crippen LogP contribution is -2.14. The van der Waals surface area contributed by atoms with E-state index in [0.717, 1.165) is 30.3 Å². The predicted molar refractivity (Wildman–Crippen MR) is 70.1 cm³/mol. The molecule has 96 valence electrons. The fourth-order valence-electron chi connectivity index (χ4n) is 1.60. The first-order valence-corrected chi connectivity index (χ1v) is 6.04. The van der Waals surface area contributed by atoms with Crippen LogP contribution in [0.5, 0.6) is 0 Å². The van der Waals surface area contributed by atoms with E-state index in [4.69, 9.17) is 4.74 Å². The second-order valence-corrected chi connectivity index (χ2v) is 5.36. The molecule has 0 unspecified atom stereocenters. The third-order valence-corrected chi connectivity index (χ3v) is 2.16. The van der Waals surface area contributed by atoms with Gasteiger partial charge in [0.05, 0.1) is 12.3 Å². The summed E-state index contributed by atoms with van der Waals surface area (Å²) in [5, 5.41) is 3.23. The van der Waals surface area contributed by atoms with Crippen LogP contribution >= 0.6 is 0 Å². The molecule has 0 aliphatic heterocycles. The van der Waals surface area contributed by atoms with Gasteiger partial charge in [-0.2, -0.15) is 0 Å². The largest absolute Gasteiger partial charge is 0.378 e. The first kappa shape index (κ1) is 13.9. The standard InChI is InChI=1S/C13H23N3O/c1-6-14-11-7-10(9-17-5)15-12(16-11)8-13(2,3)4/h7H,6,8-9H2,1-5H3,(H,14,15,16). The van der Waals surface area contributed by atoms with E-state index in [1.54, 1.807) is 7.11 Å². The van der Waals surface area contributed by atoms with Crippen molar-refractivity contribution in [2.45, 2.75) is 40.7 Å². The summed E-state index contributed by atoms with van der Waals surface area (Å²) in [6, 6.07) is 1.94. The average molecular weight is 237 g/mol. The van der Waals surface area contributed by atoms with Gasteiger partial charge in [0.25, 0.3) is 0 Å². The van der Waals surface area contributed by atoms with E-state index < -0.39 is 0 Å². The van der Waals surface area contributed by atoms with E-state index in [2.05, 4.69) is 43.0 Å². The van der Waals surface area contributed by atoms with Crippen molar-refractivity contribution in [1.82, 2.24) is 9.97 Å². The molecule has 0 saturated carbocycles. The van der Waals surface area contributed by atoms with Gasteiger partial charge in [0.2, 0.25) is 0 Å². The molecule has 0 spiro atoms. The molecule has 1 aromatic rings. The highest BCUT2D eigenvalue weighted by Crippen LogP contribution is 2.19. The number of ether oxygens (including phenoxy) is 1. The highest BCUT2D eigenvalue weighted by Gasteiger charge is 2.14. The summed E-state index contributed by atoms with van der Waals surface area (Å²) in [4.78, 5) is 9.03. The van der Waals surface area contributed by atoms with E-state index in [1.165, 1.54) is 0 Å². The first-order chi connectivity index (χ1) is 7.94. The minimum absolute atomic E-state index is 0.190. The molecule has 0 fully saturated rings. The van der Waals surface area contributed by atoms with Crippen LogP contribution in [0.4, 0.5) is 5.82 Å². The van der Waals surface area contributed by atoms with Crippen molar-refractivity contribution in [3.8, 4) is 0 Å². The predicted octanol–water partition coefficient (Wildman–Crippen LogP) is 2.64. The minimum atomic E-state index is 0.190. The molecule has 0 amide bonds. The van der Waals surface area contributed by atoms with Crippen LogP contribution in [0, 0.1) is 5.41 Å². The summed E-state index contributed by atoms with van der Waals surface area (Å²) in [6.45, 7) is 10.0. The second kappa shape index (κ2) is 5.96. The molecule has 4 nitrogen and oxygen atoms in total. The van der Waals surface area contributed by atoms with Crippen LogP contribution in [0.15, 0.2) is 6.07 Å². The molecule has 0 bridgehead atoms. The quantitative estimate of drug-likeness (QED) is 0.855. The highest BCUT2D eigenvalue weighted by molar-refractivity contribution is 5.35. The Labute approximate surface area is 104 Å². The smallest absolute Gasteiger partial charge is 0.131 e. The average Bonchev–Trinajstić information content (AvgIpc) is 2.15. The Hall–Kier alpha value is -1.16. The minimum Gasteiger partial charge on any atom is -0.378 e. The summed E-state index contributed by atoms with van der Waals surface area (Å²) < 4.78 is 5.13. The normalized spacial score (nSPS) is 11.6. The lowest BCUT2D eigenvalue weighted by atomic mass is 9.92. The maximum atomic E-state index is 5.13. The number of methoxy groups -OCH3 is 1. The van der Waals surface area contributed by atoms with E-state index >= 15 is 0 Å². The van der Waals surface area contributed by atoms with E-state index in [-0.39, 0.29) is 5.41 Å². The van der Waals surface area contributed by atoms with Crippen LogP contribution in [0.25, 0.3) is 0 Å². The topological polar surface area (TPSA) is 47.0 Å². The zero-order valence-electron chi connectivity index (χ0n) is 11.5. The van der Waals surface area contributed by atoms with Gasteiger partial charge in [0.15, 0.2) is 0 Å². The monoisotopic (exact) mass is 237 g/mol. The van der Waals surface area contributed by atoms with Crippen LogP contribution in [0.3, 0.4) is 0 Å². The van der Waals surface area contributed by atoms with E-state index in [9.17, 15) is 0 Å². The Kier molecular flexibility index (Phi) is 4.87. The van der Waals surface area contributed by atoms with Crippen LogP contribution < -0.4 is 5.32 Å². The molecule has 1 aromatic heterocycles. The van der Waals surface area contributed by atoms with E-state index in [1.807, 2.05) is 6.07 Å². The molecule has 17 heavy (non-hydrogen) atoms. The summed E-state index contributed by atoms with van der Waals surface area (Å²) in [5.74, 6) is 1.76. The van der Waals surface area contributed by atoms with Crippen LogP contribution in [-0.2, 0) is 17.8 Å². The van der Waals surface area contributed by atoms with Gasteiger partial charge < -0.3 is 10.1 Å². The molecule has 0 aromatic carbocycles. The van der Waals surface area contributed by atoms with Gasteiger partial charge in [-0.25, -0.2) is 9.97 Å². The molecule has 4 heteroatoms. The molecule has 0 atom stereocenters. The molecule has 1 rings (SSSR count). The molecule has 1 N–H and O–H groups in total. The number of hydrogen-bond acceptors (Lipinski definition) is 4. The van der Waals surface area contributed by atoms with E-state index in [0.29, 0.717) is 6.61 Å². The first-order valence-electron chi connectivity index (χ1n) is 6.04. The zero-order valence-corrected chi connectivity index (χ0v) is 11.5. The Morgan fingerprint density at radius 3 is 2.53 bits per heavy atom. The lowest BCUT2D eigenvalue weighted by Gasteiger charge is -2.17. The third kappa shape index (κ3) is 5.13. The zero-order chi connectivity index (χ0) is 12.9. The number of hydrogen-bond donors (Lipinski definition) is 1. The lowest BCUT2D eigenvalue weighted by molar-refractivity contribution is 0.181. The molecule has 1 heterocycles. The van der Waals surface area contributed by atoms with Crippen molar-refractivity contribution < 1.29 is 4.74 Å². The Morgan fingerprint density at radius 1 is 1.29 bits per heavy atom. The summed E-state index contributed by atoms with van der Waals surface area (Å²) in [7, 11) is 1.68. The highest BCUT2D eigenvalue weighted by atomic mass is 16.5. The Morgan fingerprint density at radius 2 is 2.00 bits per heavy atom. The van der Waals surface area contributed by atoms with Gasteiger partial charge in [-0.15, -0.1) is 0 Å². The SMILES string of the molecule is CCNc1cc(COC)nc(CC(C)(C)C)n1. The van der Waals surface area contributed by atoms with Crippen molar-refractivity contribution in [1.29, 1.82) is 0 Å². The Balaban J connectivity index is 2.94. The van der Waals surface area contributed by atoms with Gasteiger partial charge in [-0.05, 0) is 12.3 Å². The summed E-state index contributed by atoms with van der Waals surface area (Å²) >= 11 is 0. The molecular weight excluding hydrogens is 214 g/mol. The summed E-state index contributed by atoms with van der Waals surface area (Å²) in [5.41, 5.74) is 1.12. The maximum absolute atomic E-state index is 5.13. The van der Waals surface area contributed by atoms with Gasteiger partial charge >= 0.3 is 0 Å². The van der Waals surface area contributed by atoms with Crippen molar-refractivity contribution in [3.05, 3.63) is 17.6 Å². The Bertz CT molecular complexity index is 334. The maximum Gasteiger partial charge on any atom is 0.131 e. The van der Waals surface area contributed by atoms with Crippen LogP contribution in [-0.4, -0.2) is 23.6 Å².